The molecule has 0 N–H and O–H groups in total. The molecule has 4 rings (SSSR count). The van der Waals surface area contributed by atoms with Crippen molar-refractivity contribution in [2.45, 2.75) is 13.5 Å². The van der Waals surface area contributed by atoms with Crippen LogP contribution in [-0.2, 0) is 6.61 Å². The number of fused-ring (bicyclic) bond motifs is 1. The summed E-state index contributed by atoms with van der Waals surface area (Å²) in [6.07, 6.45) is 2.03. The Morgan fingerprint density at radius 1 is 0.857 bits per heavy atom. The number of ether oxygens (including phenoxy) is 1. The number of allylic oxidation sites excluding steroid dienone is 1. The summed E-state index contributed by atoms with van der Waals surface area (Å²) in [5.74, 6) is 0.539. The zero-order valence-corrected chi connectivity index (χ0v) is 17.1. The third-order valence-corrected chi connectivity index (χ3v) is 4.96. The van der Waals surface area contributed by atoms with Gasteiger partial charge in [-0.15, -0.1) is 0 Å². The molecule has 138 valence electrons. The fourth-order valence-electron chi connectivity index (χ4n) is 2.92. The standard InChI is InChI=1S/C24H19BrN2O/c1-17(19-7-3-2-4-8-19)15-23-24(27-22-10-6-5-9-21(22)26-23)28-16-18-11-13-20(25)14-12-18/h2-15H,16H2,1H3. The van der Waals surface area contributed by atoms with Gasteiger partial charge >= 0.3 is 0 Å². The lowest BCUT2D eigenvalue weighted by atomic mass is 10.1. The summed E-state index contributed by atoms with van der Waals surface area (Å²) in [5, 5.41) is 0. The first-order valence-corrected chi connectivity index (χ1v) is 9.86. The van der Waals surface area contributed by atoms with E-state index in [2.05, 4.69) is 35.0 Å². The van der Waals surface area contributed by atoms with Gasteiger partial charge in [-0.25, -0.2) is 9.97 Å². The van der Waals surface area contributed by atoms with Crippen LogP contribution in [0.5, 0.6) is 5.88 Å². The van der Waals surface area contributed by atoms with Crippen molar-refractivity contribution in [3.05, 3.63) is 100 Å². The average Bonchev–Trinajstić information content (AvgIpc) is 2.74. The topological polar surface area (TPSA) is 35.0 Å². The summed E-state index contributed by atoms with van der Waals surface area (Å²) < 4.78 is 7.12. The first kappa shape index (κ1) is 18.4. The van der Waals surface area contributed by atoms with Crippen molar-refractivity contribution in [3.8, 4) is 5.88 Å². The molecule has 0 aliphatic heterocycles. The van der Waals surface area contributed by atoms with Crippen LogP contribution in [0.4, 0.5) is 0 Å². The molecule has 0 amide bonds. The molecule has 1 aromatic heterocycles. The Balaban J connectivity index is 1.71. The number of aromatic nitrogens is 2. The van der Waals surface area contributed by atoms with Gasteiger partial charge in [0.25, 0.3) is 0 Å². The lowest BCUT2D eigenvalue weighted by molar-refractivity contribution is 0.293. The first-order chi connectivity index (χ1) is 13.7. The van der Waals surface area contributed by atoms with Crippen LogP contribution in [0.3, 0.4) is 0 Å². The summed E-state index contributed by atoms with van der Waals surface area (Å²) in [5.41, 5.74) is 5.74. The molecule has 3 aromatic carbocycles. The van der Waals surface area contributed by atoms with Crippen LogP contribution in [0.1, 0.15) is 23.7 Å². The van der Waals surface area contributed by atoms with Crippen molar-refractivity contribution in [2.75, 3.05) is 0 Å². The van der Waals surface area contributed by atoms with Crippen LogP contribution >= 0.6 is 15.9 Å². The first-order valence-electron chi connectivity index (χ1n) is 9.07. The van der Waals surface area contributed by atoms with Gasteiger partial charge in [-0.1, -0.05) is 70.5 Å². The predicted octanol–water partition coefficient (Wildman–Crippen LogP) is 6.53. The van der Waals surface area contributed by atoms with E-state index in [0.717, 1.165) is 37.9 Å². The highest BCUT2D eigenvalue weighted by Crippen LogP contribution is 2.25. The smallest absolute Gasteiger partial charge is 0.240 e. The van der Waals surface area contributed by atoms with Gasteiger partial charge < -0.3 is 4.74 Å². The molecule has 0 aliphatic rings. The highest BCUT2D eigenvalue weighted by Gasteiger charge is 2.10. The zero-order valence-electron chi connectivity index (χ0n) is 15.5. The Bertz CT molecular complexity index is 1120. The van der Waals surface area contributed by atoms with Gasteiger partial charge in [0, 0.05) is 4.47 Å². The molecular weight excluding hydrogens is 412 g/mol. The van der Waals surface area contributed by atoms with Crippen molar-refractivity contribution in [1.82, 2.24) is 9.97 Å². The monoisotopic (exact) mass is 430 g/mol. The highest BCUT2D eigenvalue weighted by molar-refractivity contribution is 9.10. The van der Waals surface area contributed by atoms with Gasteiger partial charge in [-0.3, -0.25) is 0 Å². The summed E-state index contributed by atoms with van der Waals surface area (Å²) in [4.78, 5) is 9.51. The molecule has 4 aromatic rings. The van der Waals surface area contributed by atoms with Crippen LogP contribution in [0.2, 0.25) is 0 Å². The second kappa shape index (κ2) is 8.36. The van der Waals surface area contributed by atoms with Crippen LogP contribution < -0.4 is 4.74 Å². The fourth-order valence-corrected chi connectivity index (χ4v) is 3.18. The average molecular weight is 431 g/mol. The Morgan fingerprint density at radius 2 is 1.50 bits per heavy atom. The van der Waals surface area contributed by atoms with Gasteiger partial charge in [0.15, 0.2) is 0 Å². The van der Waals surface area contributed by atoms with E-state index in [1.807, 2.05) is 72.8 Å². The molecule has 3 nitrogen and oxygen atoms in total. The summed E-state index contributed by atoms with van der Waals surface area (Å²) in [6.45, 7) is 2.51. The molecule has 0 atom stereocenters. The molecule has 1 heterocycles. The number of hydrogen-bond donors (Lipinski definition) is 0. The second-order valence-corrected chi connectivity index (χ2v) is 7.43. The fraction of sp³-hybridized carbons (Fsp3) is 0.0833. The number of rotatable bonds is 5. The molecule has 0 unspecified atom stereocenters. The number of nitrogens with zero attached hydrogens (tertiary/aromatic N) is 2. The van der Waals surface area contributed by atoms with Gasteiger partial charge in [0.1, 0.15) is 12.3 Å². The summed E-state index contributed by atoms with van der Waals surface area (Å²) >= 11 is 3.46. The third kappa shape index (κ3) is 4.29. The molecule has 28 heavy (non-hydrogen) atoms. The van der Waals surface area contributed by atoms with E-state index in [1.54, 1.807) is 0 Å². The van der Waals surface area contributed by atoms with Crippen LogP contribution in [0.15, 0.2) is 83.3 Å². The Labute approximate surface area is 172 Å². The van der Waals surface area contributed by atoms with Crippen molar-refractivity contribution in [3.63, 3.8) is 0 Å². The molecule has 0 aliphatic carbocycles. The highest BCUT2D eigenvalue weighted by atomic mass is 79.9. The molecule has 0 fully saturated rings. The second-order valence-electron chi connectivity index (χ2n) is 6.51. The van der Waals surface area contributed by atoms with Crippen molar-refractivity contribution < 1.29 is 4.74 Å². The number of hydrogen-bond acceptors (Lipinski definition) is 3. The maximum atomic E-state index is 6.07. The Morgan fingerprint density at radius 3 is 2.21 bits per heavy atom. The molecule has 0 saturated heterocycles. The molecule has 0 saturated carbocycles. The minimum Gasteiger partial charge on any atom is -0.471 e. The summed E-state index contributed by atoms with van der Waals surface area (Å²) in [6, 6.07) is 26.2. The number of benzene rings is 3. The largest absolute Gasteiger partial charge is 0.471 e. The molecule has 0 spiro atoms. The van der Waals surface area contributed by atoms with Crippen molar-refractivity contribution in [2.24, 2.45) is 0 Å². The minimum absolute atomic E-state index is 0.436. The van der Waals surface area contributed by atoms with E-state index in [-0.39, 0.29) is 0 Å². The molecule has 0 bridgehead atoms. The Hall–Kier alpha value is -2.98. The van der Waals surface area contributed by atoms with Gasteiger partial charge in [0.2, 0.25) is 5.88 Å². The summed E-state index contributed by atoms with van der Waals surface area (Å²) in [7, 11) is 0. The maximum absolute atomic E-state index is 6.07. The van der Waals surface area contributed by atoms with Crippen molar-refractivity contribution >= 4 is 38.6 Å². The van der Waals surface area contributed by atoms with Gasteiger partial charge in [-0.05, 0) is 54.0 Å². The van der Waals surface area contributed by atoms with Crippen LogP contribution in [0, 0.1) is 0 Å². The molecular formula is C24H19BrN2O. The lowest BCUT2D eigenvalue weighted by Gasteiger charge is -2.10. The minimum atomic E-state index is 0.436. The van der Waals surface area contributed by atoms with Crippen LogP contribution in [0.25, 0.3) is 22.7 Å². The third-order valence-electron chi connectivity index (χ3n) is 4.43. The normalized spacial score (nSPS) is 11.6. The molecule has 4 heteroatoms. The van der Waals surface area contributed by atoms with Crippen LogP contribution in [-0.4, -0.2) is 9.97 Å². The van der Waals surface area contributed by atoms with E-state index < -0.39 is 0 Å². The van der Waals surface area contributed by atoms with Gasteiger partial charge in [0.05, 0.1) is 11.0 Å². The number of para-hydroxylation sites is 2. The number of halogens is 1. The SMILES string of the molecule is CC(=Cc1nc2ccccc2nc1OCc1ccc(Br)cc1)c1ccccc1. The lowest BCUT2D eigenvalue weighted by Crippen LogP contribution is -2.01. The van der Waals surface area contributed by atoms with E-state index in [9.17, 15) is 0 Å². The maximum Gasteiger partial charge on any atom is 0.240 e. The zero-order chi connectivity index (χ0) is 19.3. The quantitative estimate of drug-likeness (QED) is 0.360. The van der Waals surface area contributed by atoms with Crippen molar-refractivity contribution in [1.29, 1.82) is 0 Å². The van der Waals surface area contributed by atoms with E-state index in [4.69, 9.17) is 14.7 Å². The van der Waals surface area contributed by atoms with Gasteiger partial charge in [-0.2, -0.15) is 0 Å². The Kier molecular flexibility index (Phi) is 5.49. The van der Waals surface area contributed by atoms with E-state index in [0.29, 0.717) is 12.5 Å². The predicted molar refractivity (Wildman–Crippen MR) is 118 cm³/mol. The van der Waals surface area contributed by atoms with E-state index >= 15 is 0 Å². The van der Waals surface area contributed by atoms with E-state index in [1.165, 1.54) is 0 Å². The molecule has 0 radical (unpaired) electrons.